The number of piperazine rings is 1. The van der Waals surface area contributed by atoms with Crippen LogP contribution >= 0.6 is 12.4 Å². The molecule has 2 saturated heterocycles. The molecule has 1 N–H and O–H groups in total. The minimum Gasteiger partial charge on any atom is -0.342 e. The normalized spacial score (nSPS) is 24.2. The van der Waals surface area contributed by atoms with Gasteiger partial charge in [-0.1, -0.05) is 6.07 Å². The van der Waals surface area contributed by atoms with Gasteiger partial charge >= 0.3 is 0 Å². The molecule has 0 saturated carbocycles. The predicted octanol–water partition coefficient (Wildman–Crippen LogP) is 1.23. The number of carbonyl (C=O) groups is 2. The maximum atomic E-state index is 13.0. The van der Waals surface area contributed by atoms with Gasteiger partial charge in [-0.2, -0.15) is 0 Å². The summed E-state index contributed by atoms with van der Waals surface area (Å²) < 4.78 is 0. The average Bonchev–Trinajstić information content (AvgIpc) is 2.62. The SMILES string of the molecule is CC(=O)N1CCCC(C(=O)N2CCNCC2c2cccnc2)C1.Cl. The fourth-order valence-electron chi connectivity index (χ4n) is 3.54. The van der Waals surface area contributed by atoms with E-state index in [0.29, 0.717) is 13.1 Å². The smallest absolute Gasteiger partial charge is 0.228 e. The molecular weight excluding hydrogens is 328 g/mol. The molecule has 3 rings (SSSR count). The third-order valence-corrected chi connectivity index (χ3v) is 4.81. The number of halogens is 1. The third-order valence-electron chi connectivity index (χ3n) is 4.81. The van der Waals surface area contributed by atoms with E-state index < -0.39 is 0 Å². The zero-order valence-corrected chi connectivity index (χ0v) is 14.8. The lowest BCUT2D eigenvalue weighted by atomic mass is 9.94. The Kier molecular flexibility index (Phi) is 6.57. The molecular formula is C17H25ClN4O2. The highest BCUT2D eigenvalue weighted by Crippen LogP contribution is 2.26. The van der Waals surface area contributed by atoms with Gasteiger partial charge < -0.3 is 15.1 Å². The molecule has 0 aromatic carbocycles. The summed E-state index contributed by atoms with van der Waals surface area (Å²) in [6.07, 6.45) is 5.35. The van der Waals surface area contributed by atoms with Crippen LogP contribution in [0.25, 0.3) is 0 Å². The van der Waals surface area contributed by atoms with Crippen LogP contribution in [-0.4, -0.2) is 59.3 Å². The van der Waals surface area contributed by atoms with Crippen LogP contribution in [0, 0.1) is 5.92 Å². The van der Waals surface area contributed by atoms with E-state index in [2.05, 4.69) is 10.3 Å². The van der Waals surface area contributed by atoms with Crippen molar-refractivity contribution in [3.05, 3.63) is 30.1 Å². The molecule has 2 aliphatic rings. The van der Waals surface area contributed by atoms with Crippen molar-refractivity contribution in [1.82, 2.24) is 20.1 Å². The lowest BCUT2D eigenvalue weighted by molar-refractivity contribution is -0.143. The molecule has 24 heavy (non-hydrogen) atoms. The standard InChI is InChI=1S/C17H24N4O2.ClH/c1-13(22)20-8-3-5-15(12-20)17(23)21-9-7-19-11-16(21)14-4-2-6-18-10-14;/h2,4,6,10,15-16,19H,3,5,7-9,11-12H2,1H3;1H. The quantitative estimate of drug-likeness (QED) is 0.869. The first-order valence-corrected chi connectivity index (χ1v) is 8.33. The number of nitrogens with zero attached hydrogens (tertiary/aromatic N) is 3. The Labute approximate surface area is 149 Å². The third kappa shape index (κ3) is 4.05. The van der Waals surface area contributed by atoms with Crippen LogP contribution in [-0.2, 0) is 9.59 Å². The Hall–Kier alpha value is -1.66. The van der Waals surface area contributed by atoms with Crippen molar-refractivity contribution < 1.29 is 9.59 Å². The number of piperidine rings is 1. The highest BCUT2D eigenvalue weighted by atomic mass is 35.5. The van der Waals surface area contributed by atoms with Gasteiger partial charge in [-0.05, 0) is 24.5 Å². The van der Waals surface area contributed by atoms with Crippen LogP contribution < -0.4 is 5.32 Å². The number of rotatable bonds is 2. The van der Waals surface area contributed by atoms with Crippen molar-refractivity contribution in [3.63, 3.8) is 0 Å². The molecule has 0 bridgehead atoms. The zero-order valence-electron chi connectivity index (χ0n) is 14.0. The van der Waals surface area contributed by atoms with E-state index in [-0.39, 0.29) is 36.2 Å². The number of hydrogen-bond acceptors (Lipinski definition) is 4. The molecule has 2 aliphatic heterocycles. The molecule has 7 heteroatoms. The molecule has 0 radical (unpaired) electrons. The van der Waals surface area contributed by atoms with Gasteiger partial charge in [0.25, 0.3) is 0 Å². The summed E-state index contributed by atoms with van der Waals surface area (Å²) in [7, 11) is 0. The lowest BCUT2D eigenvalue weighted by Gasteiger charge is -2.40. The van der Waals surface area contributed by atoms with E-state index >= 15 is 0 Å². The molecule has 0 aliphatic carbocycles. The van der Waals surface area contributed by atoms with Gasteiger partial charge in [0.15, 0.2) is 0 Å². The minimum absolute atomic E-state index is 0. The van der Waals surface area contributed by atoms with Crippen LogP contribution in [0.5, 0.6) is 0 Å². The van der Waals surface area contributed by atoms with Crippen LogP contribution in [0.4, 0.5) is 0 Å². The second-order valence-corrected chi connectivity index (χ2v) is 6.34. The Balaban J connectivity index is 0.00000208. The fourth-order valence-corrected chi connectivity index (χ4v) is 3.54. The van der Waals surface area contributed by atoms with E-state index in [1.165, 1.54) is 0 Å². The topological polar surface area (TPSA) is 65.5 Å². The molecule has 2 amide bonds. The summed E-state index contributed by atoms with van der Waals surface area (Å²) in [6, 6.07) is 3.95. The van der Waals surface area contributed by atoms with Gasteiger partial charge in [0.1, 0.15) is 0 Å². The predicted molar refractivity (Wildman–Crippen MR) is 93.8 cm³/mol. The van der Waals surface area contributed by atoms with Gasteiger partial charge in [-0.25, -0.2) is 0 Å². The first-order valence-electron chi connectivity index (χ1n) is 8.33. The first-order chi connectivity index (χ1) is 11.2. The average molecular weight is 353 g/mol. The van der Waals surface area contributed by atoms with Crippen molar-refractivity contribution in [2.45, 2.75) is 25.8 Å². The van der Waals surface area contributed by atoms with E-state index in [4.69, 9.17) is 0 Å². The monoisotopic (exact) mass is 352 g/mol. The van der Waals surface area contributed by atoms with Crippen LogP contribution in [0.3, 0.4) is 0 Å². The number of hydrogen-bond donors (Lipinski definition) is 1. The Bertz CT molecular complexity index is 569. The maximum absolute atomic E-state index is 13.0. The highest BCUT2D eigenvalue weighted by molar-refractivity contribution is 5.85. The largest absolute Gasteiger partial charge is 0.342 e. The first kappa shape index (κ1) is 18.7. The summed E-state index contributed by atoms with van der Waals surface area (Å²) in [5.74, 6) is 0.155. The van der Waals surface area contributed by atoms with Crippen molar-refractivity contribution in [2.75, 3.05) is 32.7 Å². The zero-order chi connectivity index (χ0) is 16.2. The summed E-state index contributed by atoms with van der Waals surface area (Å²) in [5, 5.41) is 3.36. The summed E-state index contributed by atoms with van der Waals surface area (Å²) >= 11 is 0. The molecule has 2 fully saturated rings. The Morgan fingerprint density at radius 1 is 1.33 bits per heavy atom. The van der Waals surface area contributed by atoms with Gasteiger partial charge in [-0.15, -0.1) is 12.4 Å². The molecule has 132 valence electrons. The second-order valence-electron chi connectivity index (χ2n) is 6.34. The van der Waals surface area contributed by atoms with Crippen LogP contribution in [0.1, 0.15) is 31.4 Å². The summed E-state index contributed by atoms with van der Waals surface area (Å²) in [6.45, 7) is 5.17. The summed E-state index contributed by atoms with van der Waals surface area (Å²) in [5.41, 5.74) is 1.06. The van der Waals surface area contributed by atoms with E-state index in [9.17, 15) is 9.59 Å². The number of amides is 2. The van der Waals surface area contributed by atoms with Crippen molar-refractivity contribution >= 4 is 24.2 Å². The van der Waals surface area contributed by atoms with Gasteiger partial charge in [0, 0.05) is 52.0 Å². The van der Waals surface area contributed by atoms with Gasteiger partial charge in [-0.3, -0.25) is 14.6 Å². The van der Waals surface area contributed by atoms with Crippen LogP contribution in [0.2, 0.25) is 0 Å². The van der Waals surface area contributed by atoms with Crippen molar-refractivity contribution in [1.29, 1.82) is 0 Å². The van der Waals surface area contributed by atoms with E-state index in [1.807, 2.05) is 23.2 Å². The van der Waals surface area contributed by atoms with Crippen molar-refractivity contribution in [2.24, 2.45) is 5.92 Å². The second kappa shape index (κ2) is 8.44. The van der Waals surface area contributed by atoms with Gasteiger partial charge in [0.2, 0.25) is 11.8 Å². The molecule has 3 heterocycles. The van der Waals surface area contributed by atoms with E-state index in [0.717, 1.165) is 38.0 Å². The Morgan fingerprint density at radius 2 is 2.17 bits per heavy atom. The van der Waals surface area contributed by atoms with Crippen molar-refractivity contribution in [3.8, 4) is 0 Å². The lowest BCUT2D eigenvalue weighted by Crippen LogP contribution is -2.53. The maximum Gasteiger partial charge on any atom is 0.228 e. The number of pyridine rings is 1. The van der Waals surface area contributed by atoms with E-state index in [1.54, 1.807) is 18.0 Å². The molecule has 0 spiro atoms. The number of likely N-dealkylation sites (tertiary alicyclic amines) is 1. The molecule has 1 aromatic heterocycles. The Morgan fingerprint density at radius 3 is 2.88 bits per heavy atom. The number of carbonyl (C=O) groups excluding carboxylic acids is 2. The molecule has 2 atom stereocenters. The molecule has 2 unspecified atom stereocenters. The molecule has 6 nitrogen and oxygen atoms in total. The summed E-state index contributed by atoms with van der Waals surface area (Å²) in [4.78, 5) is 32.6. The number of nitrogens with one attached hydrogen (secondary N) is 1. The van der Waals surface area contributed by atoms with Crippen LogP contribution in [0.15, 0.2) is 24.5 Å². The highest BCUT2D eigenvalue weighted by Gasteiger charge is 2.35. The van der Waals surface area contributed by atoms with Gasteiger partial charge in [0.05, 0.1) is 12.0 Å². The minimum atomic E-state index is -0.0788. The molecule has 1 aromatic rings. The number of aromatic nitrogens is 1. The fraction of sp³-hybridized carbons (Fsp3) is 0.588.